The second-order valence-electron chi connectivity index (χ2n) is 7.33. The number of rotatable bonds is 9. The highest BCUT2D eigenvalue weighted by Crippen LogP contribution is 2.26. The molecule has 3 aromatic rings. The summed E-state index contributed by atoms with van der Waals surface area (Å²) >= 11 is 1.55. The Morgan fingerprint density at radius 3 is 2.53 bits per heavy atom. The largest absolute Gasteiger partial charge is 0.467 e. The molecule has 0 saturated carbocycles. The van der Waals surface area contributed by atoms with Crippen molar-refractivity contribution in [1.29, 1.82) is 0 Å². The molecule has 0 N–H and O–H groups in total. The Morgan fingerprint density at radius 1 is 1.00 bits per heavy atom. The first-order valence-corrected chi connectivity index (χ1v) is 12.9. The van der Waals surface area contributed by atoms with E-state index in [0.717, 1.165) is 42.8 Å². The molecule has 0 atom stereocenters. The predicted molar refractivity (Wildman–Crippen MR) is 118 cm³/mol. The summed E-state index contributed by atoms with van der Waals surface area (Å²) in [5.41, 5.74) is 0. The number of hydrogen-bond acceptors (Lipinski definition) is 7. The Bertz CT molecular complexity index is 1030. The van der Waals surface area contributed by atoms with Crippen molar-refractivity contribution >= 4 is 27.5 Å². The van der Waals surface area contributed by atoms with E-state index >= 15 is 0 Å². The van der Waals surface area contributed by atoms with E-state index < -0.39 is 9.84 Å². The third-order valence-electron chi connectivity index (χ3n) is 5.12. The predicted octanol–water partition coefficient (Wildman–Crippen LogP) is 3.87. The average molecular weight is 447 g/mol. The van der Waals surface area contributed by atoms with Crippen LogP contribution in [0.25, 0.3) is 0 Å². The van der Waals surface area contributed by atoms with Gasteiger partial charge in [-0.15, -0.1) is 10.2 Å². The topological polar surface area (TPSA) is 81.2 Å². The van der Waals surface area contributed by atoms with Crippen LogP contribution in [0.1, 0.15) is 31.4 Å². The van der Waals surface area contributed by atoms with Gasteiger partial charge in [-0.05, 0) is 49.9 Å². The smallest absolute Gasteiger partial charge is 0.228 e. The highest BCUT2D eigenvalue weighted by molar-refractivity contribution is 7.99. The molecule has 0 amide bonds. The van der Waals surface area contributed by atoms with E-state index in [2.05, 4.69) is 19.7 Å². The molecule has 1 aliphatic rings. The fourth-order valence-electron chi connectivity index (χ4n) is 3.57. The van der Waals surface area contributed by atoms with Gasteiger partial charge in [0.15, 0.2) is 15.0 Å². The van der Waals surface area contributed by atoms with Crippen LogP contribution in [0, 0.1) is 0 Å². The number of furan rings is 1. The summed E-state index contributed by atoms with van der Waals surface area (Å²) in [6, 6.07) is 12.4. The van der Waals surface area contributed by atoms with Gasteiger partial charge in [0.2, 0.25) is 5.95 Å². The summed E-state index contributed by atoms with van der Waals surface area (Å²) in [5.74, 6) is 2.49. The van der Waals surface area contributed by atoms with Crippen LogP contribution in [-0.4, -0.2) is 47.8 Å². The third kappa shape index (κ3) is 5.07. The van der Waals surface area contributed by atoms with Crippen molar-refractivity contribution in [3.63, 3.8) is 0 Å². The zero-order chi connectivity index (χ0) is 20.8. The number of benzene rings is 1. The Morgan fingerprint density at radius 2 is 1.80 bits per heavy atom. The Hall–Kier alpha value is -2.26. The lowest BCUT2D eigenvalue weighted by atomic mass is 10.1. The van der Waals surface area contributed by atoms with Gasteiger partial charge in [-0.2, -0.15) is 0 Å². The van der Waals surface area contributed by atoms with Crippen molar-refractivity contribution in [2.75, 3.05) is 29.5 Å². The lowest BCUT2D eigenvalue weighted by Gasteiger charge is -2.27. The average Bonchev–Trinajstić information content (AvgIpc) is 3.43. The van der Waals surface area contributed by atoms with Gasteiger partial charge >= 0.3 is 0 Å². The molecule has 1 aliphatic heterocycles. The van der Waals surface area contributed by atoms with Crippen molar-refractivity contribution in [2.45, 2.75) is 42.3 Å². The SMILES string of the molecule is O=S(=O)(CCCSc1nnc(N2CCCCC2)n1Cc1ccco1)c1ccccc1. The van der Waals surface area contributed by atoms with Crippen LogP contribution >= 0.6 is 11.8 Å². The summed E-state index contributed by atoms with van der Waals surface area (Å²) in [6.45, 7) is 2.53. The zero-order valence-corrected chi connectivity index (χ0v) is 18.4. The Kier molecular flexibility index (Phi) is 6.79. The maximum absolute atomic E-state index is 12.5. The van der Waals surface area contributed by atoms with E-state index in [1.54, 1.807) is 42.3 Å². The number of aromatic nitrogens is 3. The molecule has 1 saturated heterocycles. The Labute approximate surface area is 181 Å². The van der Waals surface area contributed by atoms with E-state index in [0.29, 0.717) is 23.6 Å². The van der Waals surface area contributed by atoms with E-state index in [-0.39, 0.29) is 5.75 Å². The van der Waals surface area contributed by atoms with Gasteiger partial charge < -0.3 is 9.32 Å². The van der Waals surface area contributed by atoms with Crippen LogP contribution in [0.4, 0.5) is 5.95 Å². The lowest BCUT2D eigenvalue weighted by molar-refractivity contribution is 0.479. The van der Waals surface area contributed by atoms with Gasteiger partial charge in [-0.1, -0.05) is 30.0 Å². The van der Waals surface area contributed by atoms with Crippen molar-refractivity contribution in [1.82, 2.24) is 14.8 Å². The normalized spacial score (nSPS) is 14.9. The number of hydrogen-bond donors (Lipinski definition) is 0. The van der Waals surface area contributed by atoms with E-state index in [9.17, 15) is 8.42 Å². The molecule has 0 bridgehead atoms. The van der Waals surface area contributed by atoms with E-state index in [4.69, 9.17) is 4.42 Å². The monoisotopic (exact) mass is 446 g/mol. The molecule has 4 rings (SSSR count). The van der Waals surface area contributed by atoms with Crippen molar-refractivity contribution in [3.05, 3.63) is 54.5 Å². The molecule has 30 heavy (non-hydrogen) atoms. The zero-order valence-electron chi connectivity index (χ0n) is 16.8. The summed E-state index contributed by atoms with van der Waals surface area (Å²) in [7, 11) is -3.26. The van der Waals surface area contributed by atoms with Crippen LogP contribution in [0.15, 0.2) is 63.2 Å². The molecule has 9 heteroatoms. The number of sulfone groups is 1. The van der Waals surface area contributed by atoms with Gasteiger partial charge in [-0.3, -0.25) is 4.57 Å². The summed E-state index contributed by atoms with van der Waals surface area (Å²) in [5, 5.41) is 9.66. The second kappa shape index (κ2) is 9.70. The first kappa shape index (κ1) is 21.0. The van der Waals surface area contributed by atoms with Crippen LogP contribution in [0.3, 0.4) is 0 Å². The third-order valence-corrected chi connectivity index (χ3v) is 7.99. The van der Waals surface area contributed by atoms with Crippen LogP contribution in [0.5, 0.6) is 0 Å². The first-order chi connectivity index (χ1) is 14.6. The molecule has 7 nitrogen and oxygen atoms in total. The van der Waals surface area contributed by atoms with Crippen molar-refractivity contribution < 1.29 is 12.8 Å². The van der Waals surface area contributed by atoms with Crippen molar-refractivity contribution in [3.8, 4) is 0 Å². The molecular weight excluding hydrogens is 420 g/mol. The lowest BCUT2D eigenvalue weighted by Crippen LogP contribution is -2.32. The minimum absolute atomic E-state index is 0.120. The summed E-state index contributed by atoms with van der Waals surface area (Å²) < 4.78 is 32.6. The number of anilines is 1. The highest BCUT2D eigenvalue weighted by Gasteiger charge is 2.21. The number of nitrogens with zero attached hydrogens (tertiary/aromatic N) is 4. The fourth-order valence-corrected chi connectivity index (χ4v) is 5.96. The molecule has 1 aromatic carbocycles. The van der Waals surface area contributed by atoms with Gasteiger partial charge in [0.05, 0.1) is 23.5 Å². The maximum Gasteiger partial charge on any atom is 0.228 e. The Balaban J connectivity index is 1.42. The maximum atomic E-state index is 12.5. The van der Waals surface area contributed by atoms with Gasteiger partial charge in [0, 0.05) is 18.8 Å². The van der Waals surface area contributed by atoms with Crippen LogP contribution in [0.2, 0.25) is 0 Å². The minimum Gasteiger partial charge on any atom is -0.467 e. The standard InChI is InChI=1S/C21H26N4O3S2/c26-30(27,19-10-3-1-4-11-19)16-8-15-29-21-23-22-20(24-12-5-2-6-13-24)25(21)17-18-9-7-14-28-18/h1,3-4,7,9-11,14H,2,5-6,8,12-13,15-17H2. The highest BCUT2D eigenvalue weighted by atomic mass is 32.2. The summed E-state index contributed by atoms with van der Waals surface area (Å²) in [4.78, 5) is 2.66. The number of piperidine rings is 1. The fraction of sp³-hybridized carbons (Fsp3) is 0.429. The molecule has 0 radical (unpaired) electrons. The number of thioether (sulfide) groups is 1. The van der Waals surface area contributed by atoms with Gasteiger partial charge in [0.25, 0.3) is 0 Å². The molecule has 1 fully saturated rings. The van der Waals surface area contributed by atoms with Gasteiger partial charge in [0.1, 0.15) is 5.76 Å². The second-order valence-corrected chi connectivity index (χ2v) is 10.5. The van der Waals surface area contributed by atoms with Gasteiger partial charge in [-0.25, -0.2) is 8.42 Å². The minimum atomic E-state index is -3.26. The quantitative estimate of drug-likeness (QED) is 0.365. The molecule has 0 spiro atoms. The first-order valence-electron chi connectivity index (χ1n) is 10.2. The van der Waals surface area contributed by atoms with Crippen LogP contribution < -0.4 is 4.90 Å². The van der Waals surface area contributed by atoms with E-state index in [1.807, 2.05) is 18.2 Å². The van der Waals surface area contributed by atoms with E-state index in [1.165, 1.54) is 6.42 Å². The van der Waals surface area contributed by atoms with Crippen molar-refractivity contribution in [2.24, 2.45) is 0 Å². The van der Waals surface area contributed by atoms with Crippen LogP contribution in [-0.2, 0) is 16.4 Å². The molecule has 2 aromatic heterocycles. The molecule has 0 unspecified atom stereocenters. The summed E-state index contributed by atoms with van der Waals surface area (Å²) in [6.07, 6.45) is 5.79. The molecule has 0 aliphatic carbocycles. The molecule has 160 valence electrons. The molecule has 3 heterocycles. The molecular formula is C21H26N4O3S2.